The lowest BCUT2D eigenvalue weighted by Gasteiger charge is -2.56. The molecular formula is C18H27N3. The average Bonchev–Trinajstić information content (AvgIpc) is 2.46. The first-order valence-corrected chi connectivity index (χ1v) is 8.80. The predicted octanol–water partition coefficient (Wildman–Crippen LogP) is 3.44. The molecule has 21 heavy (non-hydrogen) atoms. The second-order valence-electron chi connectivity index (χ2n) is 7.75. The van der Waals surface area contributed by atoms with Gasteiger partial charge in [-0.25, -0.2) is 9.97 Å². The third kappa shape index (κ3) is 2.50. The standard InChI is InChI=1S/C18H27N3/c1-2-4-19-12-16-3-5-20-17(21-16)18-9-13-6-14(10-18)8-15(7-13)11-18/h3,5,13-15,19H,2,4,6-12H2,1H3. The van der Waals surface area contributed by atoms with Crippen LogP contribution in [0.3, 0.4) is 0 Å². The van der Waals surface area contributed by atoms with E-state index in [9.17, 15) is 0 Å². The summed E-state index contributed by atoms with van der Waals surface area (Å²) in [4.78, 5) is 9.68. The first-order valence-electron chi connectivity index (χ1n) is 8.80. The number of nitrogens with zero attached hydrogens (tertiary/aromatic N) is 2. The van der Waals surface area contributed by atoms with Crippen molar-refractivity contribution in [3.05, 3.63) is 23.8 Å². The third-order valence-electron chi connectivity index (χ3n) is 5.96. The van der Waals surface area contributed by atoms with E-state index < -0.39 is 0 Å². The second-order valence-corrected chi connectivity index (χ2v) is 7.75. The molecular weight excluding hydrogens is 258 g/mol. The monoisotopic (exact) mass is 285 g/mol. The molecule has 0 aliphatic heterocycles. The van der Waals surface area contributed by atoms with Gasteiger partial charge in [0, 0.05) is 18.2 Å². The fraction of sp³-hybridized carbons (Fsp3) is 0.778. The highest BCUT2D eigenvalue weighted by Crippen LogP contribution is 2.60. The van der Waals surface area contributed by atoms with Gasteiger partial charge in [-0.1, -0.05) is 6.92 Å². The molecule has 4 bridgehead atoms. The Bertz CT molecular complexity index is 476. The highest BCUT2D eigenvalue weighted by molar-refractivity contribution is 5.18. The summed E-state index contributed by atoms with van der Waals surface area (Å²) in [6.07, 6.45) is 11.7. The van der Waals surface area contributed by atoms with Gasteiger partial charge < -0.3 is 5.32 Å². The highest BCUT2D eigenvalue weighted by atomic mass is 14.9. The normalized spacial score (nSPS) is 37.1. The maximum absolute atomic E-state index is 4.96. The number of rotatable bonds is 5. The zero-order valence-corrected chi connectivity index (χ0v) is 13.1. The minimum atomic E-state index is 0.329. The molecule has 1 aromatic rings. The minimum Gasteiger partial charge on any atom is -0.311 e. The van der Waals surface area contributed by atoms with Crippen molar-refractivity contribution in [2.75, 3.05) is 6.54 Å². The van der Waals surface area contributed by atoms with Crippen molar-refractivity contribution in [2.45, 2.75) is 63.8 Å². The smallest absolute Gasteiger partial charge is 0.134 e. The molecule has 4 aliphatic rings. The number of hydrogen-bond acceptors (Lipinski definition) is 3. The fourth-order valence-electron chi connectivity index (χ4n) is 5.53. The van der Waals surface area contributed by atoms with Crippen molar-refractivity contribution in [3.8, 4) is 0 Å². The maximum atomic E-state index is 4.96. The van der Waals surface area contributed by atoms with E-state index in [4.69, 9.17) is 9.97 Å². The van der Waals surface area contributed by atoms with Crippen molar-refractivity contribution in [3.63, 3.8) is 0 Å². The quantitative estimate of drug-likeness (QED) is 0.842. The van der Waals surface area contributed by atoms with Crippen molar-refractivity contribution in [1.29, 1.82) is 0 Å². The van der Waals surface area contributed by atoms with E-state index in [2.05, 4.69) is 18.3 Å². The Morgan fingerprint density at radius 2 is 1.81 bits per heavy atom. The van der Waals surface area contributed by atoms with Crippen LogP contribution in [0, 0.1) is 17.8 Å². The number of nitrogens with one attached hydrogen (secondary N) is 1. The van der Waals surface area contributed by atoms with Crippen LogP contribution in [-0.2, 0) is 12.0 Å². The van der Waals surface area contributed by atoms with Crippen LogP contribution in [0.2, 0.25) is 0 Å². The van der Waals surface area contributed by atoms with Gasteiger partial charge in [0.2, 0.25) is 0 Å². The van der Waals surface area contributed by atoms with Gasteiger partial charge in [0.15, 0.2) is 0 Å². The summed E-state index contributed by atoms with van der Waals surface area (Å²) in [5.74, 6) is 4.04. The summed E-state index contributed by atoms with van der Waals surface area (Å²) < 4.78 is 0. The lowest BCUT2D eigenvalue weighted by atomic mass is 9.49. The number of aromatic nitrogens is 2. The second kappa shape index (κ2) is 5.35. The molecule has 4 fully saturated rings. The fourth-order valence-corrected chi connectivity index (χ4v) is 5.53. The topological polar surface area (TPSA) is 37.8 Å². The van der Waals surface area contributed by atoms with Crippen LogP contribution in [0.15, 0.2) is 12.3 Å². The molecule has 1 heterocycles. The Morgan fingerprint density at radius 3 is 2.43 bits per heavy atom. The Morgan fingerprint density at radius 1 is 1.14 bits per heavy atom. The lowest BCUT2D eigenvalue weighted by molar-refractivity contribution is -0.00950. The van der Waals surface area contributed by atoms with Gasteiger partial charge in [-0.2, -0.15) is 0 Å². The Labute approximate surface area is 128 Å². The van der Waals surface area contributed by atoms with Crippen LogP contribution in [0.4, 0.5) is 0 Å². The van der Waals surface area contributed by atoms with E-state index in [-0.39, 0.29) is 0 Å². The van der Waals surface area contributed by atoms with Gasteiger partial charge in [-0.15, -0.1) is 0 Å². The maximum Gasteiger partial charge on any atom is 0.134 e. The summed E-state index contributed by atoms with van der Waals surface area (Å²) in [6, 6.07) is 2.08. The first kappa shape index (κ1) is 13.7. The highest BCUT2D eigenvalue weighted by Gasteiger charge is 2.53. The molecule has 0 saturated heterocycles. The molecule has 1 N–H and O–H groups in total. The van der Waals surface area contributed by atoms with Crippen molar-refractivity contribution >= 4 is 0 Å². The van der Waals surface area contributed by atoms with Crippen LogP contribution in [0.1, 0.15) is 63.4 Å². The zero-order chi connectivity index (χ0) is 14.3. The predicted molar refractivity (Wildman–Crippen MR) is 83.9 cm³/mol. The summed E-state index contributed by atoms with van der Waals surface area (Å²) in [5, 5.41) is 3.46. The molecule has 4 aliphatic carbocycles. The van der Waals surface area contributed by atoms with Crippen molar-refractivity contribution in [2.24, 2.45) is 17.8 Å². The largest absolute Gasteiger partial charge is 0.311 e. The van der Waals surface area contributed by atoms with E-state index >= 15 is 0 Å². The molecule has 1 aromatic heterocycles. The molecule has 4 saturated carbocycles. The molecule has 114 valence electrons. The Hall–Kier alpha value is -0.960. The molecule has 0 atom stereocenters. The molecule has 0 aromatic carbocycles. The molecule has 3 heteroatoms. The molecule has 0 radical (unpaired) electrons. The summed E-state index contributed by atoms with van der Waals surface area (Å²) in [6.45, 7) is 4.15. The van der Waals surface area contributed by atoms with Crippen LogP contribution >= 0.6 is 0 Å². The summed E-state index contributed by atoms with van der Waals surface area (Å²) >= 11 is 0. The van der Waals surface area contributed by atoms with Crippen LogP contribution in [-0.4, -0.2) is 16.5 Å². The van der Waals surface area contributed by atoms with Crippen LogP contribution in [0.5, 0.6) is 0 Å². The van der Waals surface area contributed by atoms with Gasteiger partial charge in [-0.3, -0.25) is 0 Å². The van der Waals surface area contributed by atoms with Gasteiger partial charge >= 0.3 is 0 Å². The van der Waals surface area contributed by atoms with E-state index in [1.807, 2.05) is 6.20 Å². The van der Waals surface area contributed by atoms with E-state index in [1.54, 1.807) is 0 Å². The number of hydrogen-bond donors (Lipinski definition) is 1. The lowest BCUT2D eigenvalue weighted by Crippen LogP contribution is -2.49. The van der Waals surface area contributed by atoms with Crippen LogP contribution < -0.4 is 5.32 Å². The molecule has 0 spiro atoms. The van der Waals surface area contributed by atoms with Crippen LogP contribution in [0.25, 0.3) is 0 Å². The zero-order valence-electron chi connectivity index (χ0n) is 13.1. The van der Waals surface area contributed by atoms with Gasteiger partial charge in [-0.05, 0) is 75.3 Å². The first-order chi connectivity index (χ1) is 10.3. The molecule has 0 amide bonds. The summed E-state index contributed by atoms with van der Waals surface area (Å²) in [5.41, 5.74) is 1.50. The Kier molecular flexibility index (Phi) is 3.49. The Balaban J connectivity index is 1.57. The van der Waals surface area contributed by atoms with Gasteiger partial charge in [0.05, 0.1) is 5.69 Å². The van der Waals surface area contributed by atoms with E-state index in [1.165, 1.54) is 50.6 Å². The van der Waals surface area contributed by atoms with Gasteiger partial charge in [0.25, 0.3) is 0 Å². The summed E-state index contributed by atoms with van der Waals surface area (Å²) in [7, 11) is 0. The van der Waals surface area contributed by atoms with E-state index in [0.29, 0.717) is 5.41 Å². The third-order valence-corrected chi connectivity index (χ3v) is 5.96. The minimum absolute atomic E-state index is 0.329. The van der Waals surface area contributed by atoms with Crippen molar-refractivity contribution in [1.82, 2.24) is 15.3 Å². The van der Waals surface area contributed by atoms with Gasteiger partial charge in [0.1, 0.15) is 5.82 Å². The van der Waals surface area contributed by atoms with Crippen molar-refractivity contribution < 1.29 is 0 Å². The SMILES string of the molecule is CCCNCc1ccnc(C23CC4CC(CC(C4)C2)C3)n1. The molecule has 5 rings (SSSR count). The molecule has 3 nitrogen and oxygen atoms in total. The molecule has 0 unspecified atom stereocenters. The average molecular weight is 285 g/mol. The van der Waals surface area contributed by atoms with E-state index in [0.717, 1.165) is 36.7 Å².